The minimum Gasteiger partial charge on any atom is -0.342 e. The number of nitrogens with one attached hydrogen (secondary N) is 1. The lowest BCUT2D eigenvalue weighted by molar-refractivity contribution is -0.134. The Balaban J connectivity index is 1.50. The van der Waals surface area contributed by atoms with Crippen LogP contribution in [-0.4, -0.2) is 60.5 Å². The van der Waals surface area contributed by atoms with Gasteiger partial charge in [-0.2, -0.15) is 0 Å². The summed E-state index contributed by atoms with van der Waals surface area (Å²) in [6.45, 7) is 2.85. The molecule has 120 valence electrons. The van der Waals surface area contributed by atoms with Gasteiger partial charge in [-0.3, -0.25) is 9.69 Å². The molecule has 1 heterocycles. The molecule has 3 rings (SSSR count). The minimum atomic E-state index is 0.340. The Morgan fingerprint density at radius 3 is 2.38 bits per heavy atom. The van der Waals surface area contributed by atoms with Crippen LogP contribution in [0.2, 0.25) is 0 Å². The smallest absolute Gasteiger partial charge is 0.236 e. The number of carbonyl (C=O) groups excluding carboxylic acids is 1. The largest absolute Gasteiger partial charge is 0.342 e. The van der Waals surface area contributed by atoms with Gasteiger partial charge in [0.1, 0.15) is 0 Å². The predicted molar refractivity (Wildman–Crippen MR) is 85.3 cm³/mol. The van der Waals surface area contributed by atoms with Gasteiger partial charge in [0.25, 0.3) is 0 Å². The van der Waals surface area contributed by atoms with E-state index in [2.05, 4.69) is 15.1 Å². The molecule has 0 aromatic carbocycles. The summed E-state index contributed by atoms with van der Waals surface area (Å²) in [6, 6.07) is 1.78. The summed E-state index contributed by atoms with van der Waals surface area (Å²) in [4.78, 5) is 17.1. The van der Waals surface area contributed by atoms with E-state index in [1.54, 1.807) is 0 Å². The van der Waals surface area contributed by atoms with Gasteiger partial charge in [0.2, 0.25) is 5.91 Å². The first-order chi connectivity index (χ1) is 10.2. The van der Waals surface area contributed by atoms with Crippen molar-refractivity contribution in [2.45, 2.75) is 75.9 Å². The van der Waals surface area contributed by atoms with Crippen LogP contribution >= 0.6 is 0 Å². The molecule has 1 N–H and O–H groups in total. The van der Waals surface area contributed by atoms with Crippen molar-refractivity contribution < 1.29 is 4.79 Å². The molecule has 2 saturated carbocycles. The molecule has 3 fully saturated rings. The topological polar surface area (TPSA) is 35.6 Å². The molecule has 1 amide bonds. The first-order valence-corrected chi connectivity index (χ1v) is 8.97. The Bertz CT molecular complexity index is 344. The highest BCUT2D eigenvalue weighted by atomic mass is 16.2. The zero-order valence-electron chi connectivity index (χ0n) is 13.5. The second-order valence-corrected chi connectivity index (χ2v) is 7.25. The zero-order valence-corrected chi connectivity index (χ0v) is 13.5. The molecule has 3 aliphatic rings. The fraction of sp³-hybridized carbons (Fsp3) is 0.941. The van der Waals surface area contributed by atoms with Gasteiger partial charge in [-0.15, -0.1) is 0 Å². The van der Waals surface area contributed by atoms with E-state index in [0.29, 0.717) is 30.6 Å². The van der Waals surface area contributed by atoms with Crippen LogP contribution < -0.4 is 5.32 Å². The first-order valence-electron chi connectivity index (χ1n) is 8.97. The van der Waals surface area contributed by atoms with Crippen molar-refractivity contribution >= 4 is 5.91 Å². The molecule has 1 atom stereocenters. The van der Waals surface area contributed by atoms with E-state index >= 15 is 0 Å². The van der Waals surface area contributed by atoms with Gasteiger partial charge < -0.3 is 10.2 Å². The molecular weight excluding hydrogens is 262 g/mol. The molecule has 1 saturated heterocycles. The Morgan fingerprint density at radius 1 is 1.00 bits per heavy atom. The lowest BCUT2D eigenvalue weighted by atomic mass is 9.94. The number of likely N-dealkylation sites (N-methyl/N-ethyl adjacent to an activating group) is 1. The van der Waals surface area contributed by atoms with Crippen molar-refractivity contribution in [1.29, 1.82) is 0 Å². The molecule has 0 aromatic rings. The second-order valence-electron chi connectivity index (χ2n) is 7.25. The Hall–Kier alpha value is -0.610. The fourth-order valence-corrected chi connectivity index (χ4v) is 3.94. The molecular formula is C17H31N3O. The minimum absolute atomic E-state index is 0.340. The maximum absolute atomic E-state index is 12.6. The number of nitrogens with zero attached hydrogens (tertiary/aromatic N) is 2. The molecule has 1 unspecified atom stereocenters. The summed E-state index contributed by atoms with van der Waals surface area (Å²) in [5.74, 6) is 0.340. The Morgan fingerprint density at radius 2 is 1.76 bits per heavy atom. The van der Waals surface area contributed by atoms with E-state index in [-0.39, 0.29) is 0 Å². The normalized spacial score (nSPS) is 27.2. The van der Waals surface area contributed by atoms with Crippen LogP contribution in [0.4, 0.5) is 0 Å². The van der Waals surface area contributed by atoms with Crippen molar-refractivity contribution in [2.24, 2.45) is 0 Å². The quantitative estimate of drug-likeness (QED) is 0.813. The molecule has 1 aliphatic heterocycles. The first kappa shape index (κ1) is 15.3. The van der Waals surface area contributed by atoms with Crippen LogP contribution in [0.25, 0.3) is 0 Å². The SMILES string of the molecule is CN(C(=O)CN(CC1CCCN1)C1CC1)C1CCCCC1. The Kier molecular flexibility index (Phi) is 5.17. The van der Waals surface area contributed by atoms with Crippen molar-refractivity contribution in [2.75, 3.05) is 26.7 Å². The van der Waals surface area contributed by atoms with Crippen LogP contribution in [0.1, 0.15) is 57.8 Å². The number of carbonyl (C=O) groups is 1. The second kappa shape index (κ2) is 7.10. The van der Waals surface area contributed by atoms with Gasteiger partial charge in [-0.1, -0.05) is 19.3 Å². The summed E-state index contributed by atoms with van der Waals surface area (Å²) in [7, 11) is 2.03. The van der Waals surface area contributed by atoms with Crippen LogP contribution in [0.5, 0.6) is 0 Å². The van der Waals surface area contributed by atoms with Gasteiger partial charge in [0.05, 0.1) is 6.54 Å². The number of hydrogen-bond acceptors (Lipinski definition) is 3. The molecule has 0 spiro atoms. The maximum atomic E-state index is 12.6. The highest BCUT2D eigenvalue weighted by Gasteiger charge is 2.33. The third-order valence-electron chi connectivity index (χ3n) is 5.53. The number of rotatable bonds is 6. The summed E-state index contributed by atoms with van der Waals surface area (Å²) in [6.07, 6.45) is 11.5. The van der Waals surface area contributed by atoms with E-state index in [0.717, 1.165) is 13.1 Å². The van der Waals surface area contributed by atoms with E-state index in [4.69, 9.17) is 0 Å². The monoisotopic (exact) mass is 293 g/mol. The van der Waals surface area contributed by atoms with E-state index < -0.39 is 0 Å². The summed E-state index contributed by atoms with van der Waals surface area (Å²) in [5, 5.41) is 3.57. The molecule has 2 aliphatic carbocycles. The summed E-state index contributed by atoms with van der Waals surface area (Å²) in [5.41, 5.74) is 0. The van der Waals surface area contributed by atoms with Gasteiger partial charge in [-0.05, 0) is 45.1 Å². The maximum Gasteiger partial charge on any atom is 0.236 e. The summed E-state index contributed by atoms with van der Waals surface area (Å²) < 4.78 is 0. The third kappa shape index (κ3) is 4.19. The average molecular weight is 293 g/mol. The molecule has 0 bridgehead atoms. The number of amides is 1. The van der Waals surface area contributed by atoms with E-state index in [1.165, 1.54) is 57.8 Å². The van der Waals surface area contributed by atoms with Gasteiger partial charge >= 0.3 is 0 Å². The third-order valence-corrected chi connectivity index (χ3v) is 5.53. The number of hydrogen-bond donors (Lipinski definition) is 1. The molecule has 4 nitrogen and oxygen atoms in total. The van der Waals surface area contributed by atoms with E-state index in [1.807, 2.05) is 7.05 Å². The van der Waals surface area contributed by atoms with Crippen LogP contribution in [-0.2, 0) is 4.79 Å². The highest BCUT2D eigenvalue weighted by molar-refractivity contribution is 5.78. The average Bonchev–Trinajstić information content (AvgIpc) is 3.24. The lowest BCUT2D eigenvalue weighted by Gasteiger charge is -2.33. The van der Waals surface area contributed by atoms with Crippen LogP contribution in [0.15, 0.2) is 0 Å². The fourth-order valence-electron chi connectivity index (χ4n) is 3.94. The predicted octanol–water partition coefficient (Wildman–Crippen LogP) is 1.99. The highest BCUT2D eigenvalue weighted by Crippen LogP contribution is 2.28. The van der Waals surface area contributed by atoms with Gasteiger partial charge in [0, 0.05) is 31.7 Å². The van der Waals surface area contributed by atoms with Crippen molar-refractivity contribution in [3.8, 4) is 0 Å². The zero-order chi connectivity index (χ0) is 14.7. The van der Waals surface area contributed by atoms with Crippen LogP contribution in [0.3, 0.4) is 0 Å². The molecule has 21 heavy (non-hydrogen) atoms. The van der Waals surface area contributed by atoms with Crippen molar-refractivity contribution in [3.05, 3.63) is 0 Å². The van der Waals surface area contributed by atoms with Gasteiger partial charge in [-0.25, -0.2) is 0 Å². The standard InChI is InChI=1S/C17H31N3O/c1-19(15-7-3-2-4-8-15)17(21)13-20(16-9-10-16)12-14-6-5-11-18-14/h14-16,18H,2-13H2,1H3. The van der Waals surface area contributed by atoms with Crippen LogP contribution in [0, 0.1) is 0 Å². The van der Waals surface area contributed by atoms with Gasteiger partial charge in [0.15, 0.2) is 0 Å². The molecule has 4 heteroatoms. The Labute approximate surface area is 129 Å². The summed E-state index contributed by atoms with van der Waals surface area (Å²) >= 11 is 0. The molecule has 0 radical (unpaired) electrons. The van der Waals surface area contributed by atoms with Crippen molar-refractivity contribution in [1.82, 2.24) is 15.1 Å². The van der Waals surface area contributed by atoms with Crippen molar-refractivity contribution in [3.63, 3.8) is 0 Å². The lowest BCUT2D eigenvalue weighted by Crippen LogP contribution is -2.47. The molecule has 0 aromatic heterocycles. The van der Waals surface area contributed by atoms with E-state index in [9.17, 15) is 4.79 Å².